The van der Waals surface area contributed by atoms with Crippen LogP contribution in [0.15, 0.2) is 30.3 Å². The summed E-state index contributed by atoms with van der Waals surface area (Å²) < 4.78 is 23.6. The smallest absolute Gasteiger partial charge is 0.328 e. The normalized spacial score (nSPS) is 17.8. The lowest BCUT2D eigenvalue weighted by Crippen LogP contribution is -2.66. The van der Waals surface area contributed by atoms with E-state index in [1.54, 1.807) is 0 Å². The van der Waals surface area contributed by atoms with Crippen molar-refractivity contribution in [3.63, 3.8) is 0 Å². The summed E-state index contributed by atoms with van der Waals surface area (Å²) in [5.41, 5.74) is 1.26. The van der Waals surface area contributed by atoms with E-state index in [9.17, 15) is 54.0 Å². The molecule has 75 heavy (non-hydrogen) atoms. The van der Waals surface area contributed by atoms with Crippen LogP contribution < -0.4 is 10.6 Å². The Balaban J connectivity index is 2.22. The van der Waals surface area contributed by atoms with E-state index in [1.807, 2.05) is 18.2 Å². The van der Waals surface area contributed by atoms with Gasteiger partial charge in [-0.05, 0) is 44.1 Å². The largest absolute Gasteiger partial charge is 0.481 e. The maximum Gasteiger partial charge on any atom is 0.328 e. The Bertz CT molecular complexity index is 1710. The Kier molecular flexibility index (Phi) is 37.7. The molecule has 0 radical (unpaired) electrons. The zero-order valence-corrected chi connectivity index (χ0v) is 45.7. The van der Waals surface area contributed by atoms with Crippen LogP contribution in [0.1, 0.15) is 238 Å². The molecule has 1 aliphatic heterocycles. The van der Waals surface area contributed by atoms with Crippen molar-refractivity contribution in [3.05, 3.63) is 35.9 Å². The first kappa shape index (κ1) is 66.5. The Morgan fingerprint density at radius 1 is 0.573 bits per heavy atom. The van der Waals surface area contributed by atoms with Crippen LogP contribution in [0.5, 0.6) is 0 Å². The molecule has 2 amide bonds. The standard InChI is InChI=1S/C58H96N2O15/c1-3-5-7-9-11-13-15-17-19-23-31-37-49(62)60-54-56(75-53(69)38-32-25-20-18-16-14-12-10-8-6-4-2)55(70)47(74-58(54)73-45(41-51(65)66)42-52(67)68)43-72-57(71)46(39-40-50(63)64)59-48(61)36-30-24-21-22-27-33-44-34-28-26-29-35-44/h26,28-29,34-35,45-47,54-56,58,70H,3-25,27,30-33,36-43H2,1-2H3,(H,59,61)(H,60,62)(H,63,64)(H,65,66)(H,67,68)/t46-,47-,54-,55-,56-,58+/m1/s1. The summed E-state index contributed by atoms with van der Waals surface area (Å²) in [5, 5.41) is 46.1. The van der Waals surface area contributed by atoms with Gasteiger partial charge in [-0.15, -0.1) is 0 Å². The van der Waals surface area contributed by atoms with Crippen LogP contribution in [-0.4, -0.2) is 111 Å². The van der Waals surface area contributed by atoms with Crippen LogP contribution in [0.3, 0.4) is 0 Å². The quantitative estimate of drug-likeness (QED) is 0.0262. The third-order valence-electron chi connectivity index (χ3n) is 13.8. The number of aliphatic hydroxyl groups excluding tert-OH is 1. The molecule has 1 aliphatic rings. The number of hydrogen-bond acceptors (Lipinski definition) is 12. The van der Waals surface area contributed by atoms with Crippen molar-refractivity contribution in [1.29, 1.82) is 0 Å². The molecule has 6 atom stereocenters. The van der Waals surface area contributed by atoms with Gasteiger partial charge in [0.05, 0.1) is 18.9 Å². The number of benzene rings is 1. The van der Waals surface area contributed by atoms with Gasteiger partial charge in [0.25, 0.3) is 0 Å². The number of aliphatic hydroxyl groups is 1. The molecule has 0 bridgehead atoms. The van der Waals surface area contributed by atoms with Crippen LogP contribution in [0.25, 0.3) is 0 Å². The van der Waals surface area contributed by atoms with Gasteiger partial charge in [-0.3, -0.25) is 28.8 Å². The molecule has 17 nitrogen and oxygen atoms in total. The van der Waals surface area contributed by atoms with Crippen molar-refractivity contribution in [2.45, 2.75) is 281 Å². The lowest BCUT2D eigenvalue weighted by atomic mass is 9.95. The van der Waals surface area contributed by atoms with E-state index in [-0.39, 0.29) is 25.7 Å². The fraction of sp³-hybridized carbons (Fsp3) is 0.776. The maximum atomic E-state index is 13.6. The third kappa shape index (κ3) is 33.2. The van der Waals surface area contributed by atoms with E-state index in [4.69, 9.17) is 18.9 Å². The first-order chi connectivity index (χ1) is 36.2. The molecule has 0 unspecified atom stereocenters. The van der Waals surface area contributed by atoms with Gasteiger partial charge in [0.1, 0.15) is 30.9 Å². The monoisotopic (exact) mass is 1060 g/mol. The number of ether oxygens (including phenoxy) is 4. The number of unbranched alkanes of at least 4 members (excludes halogenated alkanes) is 24. The average Bonchev–Trinajstić information content (AvgIpc) is 3.37. The topological polar surface area (TPSA) is 261 Å². The number of hydrogen-bond donors (Lipinski definition) is 6. The predicted molar refractivity (Wildman–Crippen MR) is 286 cm³/mol. The second kappa shape index (κ2) is 42.5. The highest BCUT2D eigenvalue weighted by molar-refractivity contribution is 5.85. The van der Waals surface area contributed by atoms with Crippen molar-refractivity contribution in [2.75, 3.05) is 6.61 Å². The number of carboxylic acids is 3. The molecule has 1 heterocycles. The van der Waals surface area contributed by atoms with Gasteiger partial charge in [0.15, 0.2) is 12.4 Å². The van der Waals surface area contributed by atoms with Gasteiger partial charge in [0.2, 0.25) is 11.8 Å². The number of aliphatic carboxylic acids is 3. The Hall–Kier alpha value is -4.61. The summed E-state index contributed by atoms with van der Waals surface area (Å²) in [7, 11) is 0. The number of carbonyl (C=O) groups is 7. The van der Waals surface area contributed by atoms with E-state index >= 15 is 0 Å². The summed E-state index contributed by atoms with van der Waals surface area (Å²) in [6.07, 6.45) is 18.1. The van der Waals surface area contributed by atoms with Crippen LogP contribution in [0.2, 0.25) is 0 Å². The second-order valence-corrected chi connectivity index (χ2v) is 20.5. The maximum absolute atomic E-state index is 13.6. The fourth-order valence-electron chi connectivity index (χ4n) is 9.40. The van der Waals surface area contributed by atoms with E-state index in [1.165, 1.54) is 76.2 Å². The van der Waals surface area contributed by atoms with Crippen molar-refractivity contribution >= 4 is 41.7 Å². The number of amides is 2. The van der Waals surface area contributed by atoms with Crippen LogP contribution in [0.4, 0.5) is 0 Å². The number of rotatable bonds is 47. The Morgan fingerprint density at radius 2 is 1.04 bits per heavy atom. The molecular formula is C58H96N2O15. The van der Waals surface area contributed by atoms with Crippen LogP contribution in [0, 0.1) is 0 Å². The second-order valence-electron chi connectivity index (χ2n) is 20.5. The molecule has 1 fully saturated rings. The summed E-state index contributed by atoms with van der Waals surface area (Å²) >= 11 is 0. The van der Waals surface area contributed by atoms with E-state index < -0.39 is 110 Å². The Labute approximate surface area is 447 Å². The zero-order valence-electron chi connectivity index (χ0n) is 45.7. The van der Waals surface area contributed by atoms with Crippen LogP contribution >= 0.6 is 0 Å². The van der Waals surface area contributed by atoms with E-state index in [0.29, 0.717) is 19.3 Å². The van der Waals surface area contributed by atoms with Gasteiger partial charge >= 0.3 is 29.8 Å². The van der Waals surface area contributed by atoms with Crippen molar-refractivity contribution in [2.24, 2.45) is 0 Å². The molecule has 1 aromatic carbocycles. The molecule has 0 spiro atoms. The molecule has 0 saturated carbocycles. The zero-order chi connectivity index (χ0) is 54.9. The highest BCUT2D eigenvalue weighted by Gasteiger charge is 2.50. The van der Waals surface area contributed by atoms with Crippen molar-refractivity contribution < 1.29 is 72.9 Å². The molecule has 0 aromatic heterocycles. The number of esters is 2. The SMILES string of the molecule is CCCCCCCCCCCCCC(=O)N[C@H]1[C@@H](OC(CC(=O)O)CC(=O)O)O[C@H](COC(=O)[C@@H](CCC(=O)O)NC(=O)CCCCCCCc2ccccc2)[C@@H](O)[C@@H]1OC(=O)CCCCCCCCCCCCC. The first-order valence-electron chi connectivity index (χ1n) is 28.9. The average molecular weight is 1060 g/mol. The van der Waals surface area contributed by atoms with Gasteiger partial charge in [-0.1, -0.05) is 192 Å². The van der Waals surface area contributed by atoms with Crippen molar-refractivity contribution in [3.8, 4) is 0 Å². The number of carbonyl (C=O) groups excluding carboxylic acids is 4. The highest BCUT2D eigenvalue weighted by atomic mass is 16.7. The summed E-state index contributed by atoms with van der Waals surface area (Å²) in [4.78, 5) is 89.3. The molecule has 6 N–H and O–H groups in total. The minimum Gasteiger partial charge on any atom is -0.481 e. The predicted octanol–water partition coefficient (Wildman–Crippen LogP) is 10.7. The Morgan fingerprint density at radius 3 is 1.53 bits per heavy atom. The lowest BCUT2D eigenvalue weighted by molar-refractivity contribution is -0.286. The minimum atomic E-state index is -1.77. The molecule has 2 rings (SSSR count). The number of nitrogens with one attached hydrogen (secondary N) is 2. The summed E-state index contributed by atoms with van der Waals surface area (Å²) in [6.45, 7) is 3.65. The third-order valence-corrected chi connectivity index (χ3v) is 13.8. The van der Waals surface area contributed by atoms with E-state index in [2.05, 4.69) is 36.6 Å². The summed E-state index contributed by atoms with van der Waals surface area (Å²) in [6, 6.07) is 7.32. The molecule has 17 heteroatoms. The first-order valence-corrected chi connectivity index (χ1v) is 28.9. The molecule has 1 saturated heterocycles. The molecule has 0 aliphatic carbocycles. The minimum absolute atomic E-state index is 0.0223. The van der Waals surface area contributed by atoms with Crippen LogP contribution in [-0.2, 0) is 58.9 Å². The van der Waals surface area contributed by atoms with Crippen molar-refractivity contribution in [1.82, 2.24) is 10.6 Å². The number of carboxylic acid groups (broad SMARTS) is 3. The molecule has 1 aromatic rings. The van der Waals surface area contributed by atoms with Gasteiger partial charge in [-0.2, -0.15) is 0 Å². The molecule has 428 valence electrons. The van der Waals surface area contributed by atoms with Gasteiger partial charge in [-0.25, -0.2) is 4.79 Å². The van der Waals surface area contributed by atoms with Gasteiger partial charge in [0, 0.05) is 25.7 Å². The molecular weight excluding hydrogens is 965 g/mol. The lowest BCUT2D eigenvalue weighted by Gasteiger charge is -2.44. The number of aryl methyl sites for hydroxylation is 1. The fourth-order valence-corrected chi connectivity index (χ4v) is 9.40. The highest BCUT2D eigenvalue weighted by Crippen LogP contribution is 2.29. The summed E-state index contributed by atoms with van der Waals surface area (Å²) in [5.74, 6) is -6.69. The van der Waals surface area contributed by atoms with Gasteiger partial charge < -0.3 is 50.0 Å². The van der Waals surface area contributed by atoms with E-state index in [0.717, 1.165) is 89.9 Å².